The lowest BCUT2D eigenvalue weighted by atomic mass is 10.1. The molecule has 0 spiro atoms. The molecule has 0 bridgehead atoms. The van der Waals surface area contributed by atoms with Crippen molar-refractivity contribution in [1.82, 2.24) is 15.0 Å². The molecule has 1 aromatic heterocycles. The molecule has 5 nitrogen and oxygen atoms in total. The Kier molecular flexibility index (Phi) is 3.75. The van der Waals surface area contributed by atoms with E-state index in [1.165, 1.54) is 5.56 Å². The summed E-state index contributed by atoms with van der Waals surface area (Å²) in [5.41, 5.74) is 2.85. The number of amides is 1. The summed E-state index contributed by atoms with van der Waals surface area (Å²) in [6.07, 6.45) is 0. The molecule has 0 N–H and O–H groups in total. The van der Waals surface area contributed by atoms with E-state index in [0.29, 0.717) is 11.5 Å². The molecule has 5 heteroatoms. The van der Waals surface area contributed by atoms with Gasteiger partial charge in [0.2, 0.25) is 5.76 Å². The van der Waals surface area contributed by atoms with E-state index in [1.54, 1.807) is 6.07 Å². The highest BCUT2D eigenvalue weighted by Crippen LogP contribution is 2.20. The maximum atomic E-state index is 12.4. The van der Waals surface area contributed by atoms with Crippen molar-refractivity contribution in [3.63, 3.8) is 0 Å². The number of carbonyl (C=O) groups excluding carboxylic acids is 1. The average molecular weight is 285 g/mol. The summed E-state index contributed by atoms with van der Waals surface area (Å²) in [4.78, 5) is 16.4. The number of hydrogen-bond donors (Lipinski definition) is 0. The number of piperazine rings is 1. The molecule has 0 saturated carbocycles. The van der Waals surface area contributed by atoms with Crippen LogP contribution in [0.2, 0.25) is 0 Å². The normalized spacial score (nSPS) is 16.2. The minimum Gasteiger partial charge on any atom is -0.350 e. The smallest absolute Gasteiger partial charge is 0.292 e. The Morgan fingerprint density at radius 1 is 1.14 bits per heavy atom. The first-order valence-corrected chi connectivity index (χ1v) is 7.15. The van der Waals surface area contributed by atoms with Crippen molar-refractivity contribution >= 4 is 5.91 Å². The molecule has 1 fully saturated rings. The van der Waals surface area contributed by atoms with Crippen LogP contribution in [0.25, 0.3) is 11.3 Å². The van der Waals surface area contributed by atoms with Crippen molar-refractivity contribution in [2.24, 2.45) is 0 Å². The van der Waals surface area contributed by atoms with Gasteiger partial charge in [-0.1, -0.05) is 35.0 Å². The number of benzene rings is 1. The molecule has 2 heterocycles. The first-order chi connectivity index (χ1) is 10.1. The van der Waals surface area contributed by atoms with Gasteiger partial charge in [0, 0.05) is 37.8 Å². The lowest BCUT2D eigenvalue weighted by Crippen LogP contribution is -2.47. The molecule has 2 aromatic rings. The number of likely N-dealkylation sites (N-methyl/N-ethyl adjacent to an activating group) is 1. The third-order valence-electron chi connectivity index (χ3n) is 3.86. The van der Waals surface area contributed by atoms with Crippen LogP contribution in [0.4, 0.5) is 0 Å². The van der Waals surface area contributed by atoms with Gasteiger partial charge in [0.25, 0.3) is 5.91 Å². The summed E-state index contributed by atoms with van der Waals surface area (Å²) >= 11 is 0. The summed E-state index contributed by atoms with van der Waals surface area (Å²) < 4.78 is 5.24. The van der Waals surface area contributed by atoms with Crippen LogP contribution in [0, 0.1) is 6.92 Å². The van der Waals surface area contributed by atoms with Crippen LogP contribution >= 0.6 is 0 Å². The predicted octanol–water partition coefficient (Wildman–Crippen LogP) is 2.04. The van der Waals surface area contributed by atoms with Gasteiger partial charge >= 0.3 is 0 Å². The van der Waals surface area contributed by atoms with Gasteiger partial charge in [-0.15, -0.1) is 0 Å². The molecule has 1 aliphatic rings. The van der Waals surface area contributed by atoms with Gasteiger partial charge in [0.15, 0.2) is 0 Å². The average Bonchev–Trinajstić information content (AvgIpc) is 2.98. The maximum Gasteiger partial charge on any atom is 0.292 e. The van der Waals surface area contributed by atoms with Gasteiger partial charge in [0.05, 0.1) is 0 Å². The van der Waals surface area contributed by atoms with Gasteiger partial charge in [-0.3, -0.25) is 4.79 Å². The maximum absolute atomic E-state index is 12.4. The number of rotatable bonds is 2. The van der Waals surface area contributed by atoms with Gasteiger partial charge in [0.1, 0.15) is 5.69 Å². The molecular weight excluding hydrogens is 266 g/mol. The van der Waals surface area contributed by atoms with Crippen molar-refractivity contribution in [2.45, 2.75) is 6.92 Å². The van der Waals surface area contributed by atoms with E-state index in [2.05, 4.69) is 17.1 Å². The standard InChI is InChI=1S/C16H19N3O2/c1-12-3-5-13(6-4-12)14-11-15(21-17-14)16(20)19-9-7-18(2)8-10-19/h3-6,11H,7-10H2,1-2H3. The van der Waals surface area contributed by atoms with E-state index in [4.69, 9.17) is 4.52 Å². The molecule has 0 aliphatic carbocycles. The second kappa shape index (κ2) is 5.69. The van der Waals surface area contributed by atoms with Crippen molar-refractivity contribution in [2.75, 3.05) is 33.2 Å². The van der Waals surface area contributed by atoms with Gasteiger partial charge in [-0.2, -0.15) is 0 Å². The lowest BCUT2D eigenvalue weighted by molar-refractivity contribution is 0.0623. The highest BCUT2D eigenvalue weighted by Gasteiger charge is 2.23. The van der Waals surface area contributed by atoms with E-state index >= 15 is 0 Å². The zero-order chi connectivity index (χ0) is 14.8. The Morgan fingerprint density at radius 2 is 1.81 bits per heavy atom. The summed E-state index contributed by atoms with van der Waals surface area (Å²) in [5, 5.41) is 4.01. The minimum absolute atomic E-state index is 0.0750. The van der Waals surface area contributed by atoms with Crippen LogP contribution in [0.1, 0.15) is 16.1 Å². The van der Waals surface area contributed by atoms with Gasteiger partial charge < -0.3 is 14.3 Å². The first-order valence-electron chi connectivity index (χ1n) is 7.15. The summed E-state index contributed by atoms with van der Waals surface area (Å²) in [7, 11) is 2.06. The number of nitrogens with zero attached hydrogens (tertiary/aromatic N) is 3. The monoisotopic (exact) mass is 285 g/mol. The molecule has 1 aromatic carbocycles. The van der Waals surface area contributed by atoms with E-state index in [-0.39, 0.29) is 5.91 Å². The van der Waals surface area contributed by atoms with Crippen molar-refractivity contribution in [1.29, 1.82) is 0 Å². The van der Waals surface area contributed by atoms with Crippen LogP contribution in [0.15, 0.2) is 34.9 Å². The quantitative estimate of drug-likeness (QED) is 0.847. The first kappa shape index (κ1) is 13.8. The van der Waals surface area contributed by atoms with Gasteiger partial charge in [-0.25, -0.2) is 0 Å². The molecule has 1 saturated heterocycles. The Labute approximate surface area is 124 Å². The highest BCUT2D eigenvalue weighted by atomic mass is 16.5. The Hall–Kier alpha value is -2.14. The topological polar surface area (TPSA) is 49.6 Å². The van der Waals surface area contributed by atoms with Crippen molar-refractivity contribution in [3.8, 4) is 11.3 Å². The van der Waals surface area contributed by atoms with Gasteiger partial charge in [-0.05, 0) is 14.0 Å². The van der Waals surface area contributed by atoms with Crippen LogP contribution in [0.5, 0.6) is 0 Å². The van der Waals surface area contributed by atoms with E-state index in [1.807, 2.05) is 36.1 Å². The zero-order valence-corrected chi connectivity index (χ0v) is 12.4. The Bertz CT molecular complexity index is 625. The molecule has 0 atom stereocenters. The third kappa shape index (κ3) is 2.97. The second-order valence-corrected chi connectivity index (χ2v) is 5.54. The predicted molar refractivity (Wildman–Crippen MR) is 80.1 cm³/mol. The fourth-order valence-electron chi connectivity index (χ4n) is 2.40. The summed E-state index contributed by atoms with van der Waals surface area (Å²) in [5.74, 6) is 0.240. The van der Waals surface area contributed by atoms with Crippen molar-refractivity contribution < 1.29 is 9.32 Å². The van der Waals surface area contributed by atoms with Crippen molar-refractivity contribution in [3.05, 3.63) is 41.7 Å². The molecule has 110 valence electrons. The number of aromatic nitrogens is 1. The molecule has 21 heavy (non-hydrogen) atoms. The van der Waals surface area contributed by atoms with Crippen LogP contribution in [-0.2, 0) is 0 Å². The Balaban J connectivity index is 1.75. The van der Waals surface area contributed by atoms with Crippen LogP contribution in [-0.4, -0.2) is 54.1 Å². The minimum atomic E-state index is -0.0750. The number of aryl methyl sites for hydroxylation is 1. The molecule has 1 aliphatic heterocycles. The summed E-state index contributed by atoms with van der Waals surface area (Å²) in [6.45, 7) is 5.29. The summed E-state index contributed by atoms with van der Waals surface area (Å²) in [6, 6.07) is 9.73. The molecule has 0 radical (unpaired) electrons. The molecule has 0 unspecified atom stereocenters. The zero-order valence-electron chi connectivity index (χ0n) is 12.4. The number of hydrogen-bond acceptors (Lipinski definition) is 4. The fourth-order valence-corrected chi connectivity index (χ4v) is 2.40. The van der Waals surface area contributed by atoms with Crippen LogP contribution in [0.3, 0.4) is 0 Å². The SMILES string of the molecule is Cc1ccc(-c2cc(C(=O)N3CCN(C)CC3)on2)cc1. The lowest BCUT2D eigenvalue weighted by Gasteiger charge is -2.31. The van der Waals surface area contributed by atoms with E-state index < -0.39 is 0 Å². The molecule has 1 amide bonds. The Morgan fingerprint density at radius 3 is 2.48 bits per heavy atom. The van der Waals surface area contributed by atoms with Crippen LogP contribution < -0.4 is 0 Å². The molecular formula is C16H19N3O2. The largest absolute Gasteiger partial charge is 0.350 e. The molecule has 3 rings (SSSR count). The highest BCUT2D eigenvalue weighted by molar-refractivity contribution is 5.92. The van der Waals surface area contributed by atoms with E-state index in [9.17, 15) is 4.79 Å². The second-order valence-electron chi connectivity index (χ2n) is 5.54. The van der Waals surface area contributed by atoms with E-state index in [0.717, 1.165) is 31.7 Å². The number of carbonyl (C=O) groups is 1. The fraction of sp³-hybridized carbons (Fsp3) is 0.375. The third-order valence-corrected chi connectivity index (χ3v) is 3.86.